The van der Waals surface area contributed by atoms with Crippen LogP contribution in [0.2, 0.25) is 8.67 Å². The third kappa shape index (κ3) is 2.57. The molecule has 1 aliphatic rings. The van der Waals surface area contributed by atoms with Crippen molar-refractivity contribution in [3.05, 3.63) is 20.3 Å². The lowest BCUT2D eigenvalue weighted by atomic mass is 9.99. The number of amides is 1. The number of hydrogen-bond acceptors (Lipinski definition) is 3. The third-order valence-corrected chi connectivity index (χ3v) is 4.41. The molecule has 0 atom stereocenters. The quantitative estimate of drug-likeness (QED) is 0.904. The van der Waals surface area contributed by atoms with Gasteiger partial charge in [0.05, 0.1) is 16.0 Å². The van der Waals surface area contributed by atoms with Crippen LogP contribution < -0.4 is 5.32 Å². The standard InChI is InChI=1S/C11H10Cl2N2OS/c12-8-5-7(9(13)17-8)10(16)15-11(6-14)3-1-2-4-11/h5H,1-4H2,(H,15,16). The van der Waals surface area contributed by atoms with Crippen molar-refractivity contribution >= 4 is 40.4 Å². The SMILES string of the molecule is N#CC1(NC(=O)c2cc(Cl)sc2Cl)CCCC1. The molecule has 0 saturated heterocycles. The van der Waals surface area contributed by atoms with Gasteiger partial charge >= 0.3 is 0 Å². The minimum absolute atomic E-state index is 0.318. The molecule has 2 rings (SSSR count). The van der Waals surface area contributed by atoms with E-state index in [0.29, 0.717) is 27.1 Å². The number of hydrogen-bond donors (Lipinski definition) is 1. The van der Waals surface area contributed by atoms with Crippen molar-refractivity contribution in [1.29, 1.82) is 5.26 Å². The van der Waals surface area contributed by atoms with Crippen molar-refractivity contribution in [1.82, 2.24) is 5.32 Å². The third-order valence-electron chi connectivity index (χ3n) is 2.93. The fourth-order valence-corrected chi connectivity index (χ4v) is 3.48. The van der Waals surface area contributed by atoms with Gasteiger partial charge in [0.2, 0.25) is 0 Å². The van der Waals surface area contributed by atoms with E-state index in [0.717, 1.165) is 24.2 Å². The Morgan fingerprint density at radius 3 is 2.59 bits per heavy atom. The zero-order valence-electron chi connectivity index (χ0n) is 8.93. The summed E-state index contributed by atoms with van der Waals surface area (Å²) in [5.74, 6) is -0.318. The van der Waals surface area contributed by atoms with Crippen LogP contribution in [0.1, 0.15) is 36.0 Å². The predicted octanol–water partition coefficient (Wildman–Crippen LogP) is 3.62. The second-order valence-corrected chi connectivity index (χ2v) is 6.38. The minimum atomic E-state index is -0.727. The number of nitriles is 1. The second kappa shape index (κ2) is 4.85. The summed E-state index contributed by atoms with van der Waals surface area (Å²) in [6, 6.07) is 3.73. The summed E-state index contributed by atoms with van der Waals surface area (Å²) in [5.41, 5.74) is -0.377. The smallest absolute Gasteiger partial charge is 0.254 e. The van der Waals surface area contributed by atoms with Gasteiger partial charge in [-0.1, -0.05) is 23.2 Å². The van der Waals surface area contributed by atoms with Crippen molar-refractivity contribution in [2.45, 2.75) is 31.2 Å². The van der Waals surface area contributed by atoms with E-state index in [1.165, 1.54) is 6.07 Å². The molecule has 0 bridgehead atoms. The highest BCUT2D eigenvalue weighted by Crippen LogP contribution is 2.33. The van der Waals surface area contributed by atoms with Crippen molar-refractivity contribution < 1.29 is 4.79 Å². The normalized spacial score (nSPS) is 17.7. The van der Waals surface area contributed by atoms with Crippen LogP contribution in [0.5, 0.6) is 0 Å². The van der Waals surface area contributed by atoms with Gasteiger partial charge in [-0.15, -0.1) is 11.3 Å². The van der Waals surface area contributed by atoms with E-state index in [1.54, 1.807) is 0 Å². The first-order chi connectivity index (χ1) is 8.06. The number of rotatable bonds is 2. The second-order valence-electron chi connectivity index (χ2n) is 4.09. The Bertz CT molecular complexity index is 486. The fraction of sp³-hybridized carbons (Fsp3) is 0.455. The maximum Gasteiger partial charge on any atom is 0.254 e. The summed E-state index contributed by atoms with van der Waals surface area (Å²) in [5, 5.41) is 11.9. The Balaban J connectivity index is 2.17. The van der Waals surface area contributed by atoms with Crippen LogP contribution in [0, 0.1) is 11.3 Å². The van der Waals surface area contributed by atoms with Gasteiger partial charge < -0.3 is 5.32 Å². The van der Waals surface area contributed by atoms with Gasteiger partial charge in [-0.3, -0.25) is 4.79 Å². The van der Waals surface area contributed by atoms with Gasteiger partial charge in [0.1, 0.15) is 9.88 Å². The lowest BCUT2D eigenvalue weighted by Gasteiger charge is -2.21. The van der Waals surface area contributed by atoms with Gasteiger partial charge in [-0.05, 0) is 31.7 Å². The summed E-state index contributed by atoms with van der Waals surface area (Å²) in [4.78, 5) is 12.0. The van der Waals surface area contributed by atoms with Crippen molar-refractivity contribution in [3.63, 3.8) is 0 Å². The summed E-state index contributed by atoms with van der Waals surface area (Å²) < 4.78 is 0.830. The number of nitrogens with zero attached hydrogens (tertiary/aromatic N) is 1. The van der Waals surface area contributed by atoms with E-state index in [1.807, 2.05) is 0 Å². The van der Waals surface area contributed by atoms with Gasteiger partial charge in [-0.2, -0.15) is 5.26 Å². The Kier molecular flexibility index (Phi) is 3.62. The topological polar surface area (TPSA) is 52.9 Å². The Morgan fingerprint density at radius 1 is 1.47 bits per heavy atom. The number of carbonyl (C=O) groups is 1. The zero-order chi connectivity index (χ0) is 12.5. The molecule has 3 nitrogen and oxygen atoms in total. The van der Waals surface area contributed by atoms with Gasteiger partial charge in [0.25, 0.3) is 5.91 Å². The molecule has 90 valence electrons. The average molecular weight is 289 g/mol. The van der Waals surface area contributed by atoms with Crippen molar-refractivity contribution in [2.75, 3.05) is 0 Å². The molecule has 1 N–H and O–H groups in total. The summed E-state index contributed by atoms with van der Waals surface area (Å²) in [7, 11) is 0. The fourth-order valence-electron chi connectivity index (χ4n) is 2.02. The highest BCUT2D eigenvalue weighted by molar-refractivity contribution is 7.20. The maximum atomic E-state index is 12.0. The molecule has 1 heterocycles. The molecule has 0 spiro atoms. The van der Waals surface area contributed by atoms with Gasteiger partial charge in [0, 0.05) is 0 Å². The molecule has 6 heteroatoms. The first-order valence-corrected chi connectivity index (χ1v) is 6.82. The van der Waals surface area contributed by atoms with Crippen molar-refractivity contribution in [3.8, 4) is 6.07 Å². The number of halogens is 2. The first kappa shape index (κ1) is 12.7. The van der Waals surface area contributed by atoms with Crippen LogP contribution in [0.3, 0.4) is 0 Å². The van der Waals surface area contributed by atoms with E-state index in [-0.39, 0.29) is 5.91 Å². The first-order valence-electron chi connectivity index (χ1n) is 5.25. The lowest BCUT2D eigenvalue weighted by molar-refractivity contribution is 0.0921. The molecule has 1 aromatic rings. The maximum absolute atomic E-state index is 12.0. The van der Waals surface area contributed by atoms with Gasteiger partial charge in [0.15, 0.2) is 0 Å². The number of thiophene rings is 1. The molecule has 1 fully saturated rings. The summed E-state index contributed by atoms with van der Waals surface area (Å²) >= 11 is 12.8. The Morgan fingerprint density at radius 2 is 2.12 bits per heavy atom. The minimum Gasteiger partial charge on any atom is -0.334 e. The van der Waals surface area contributed by atoms with E-state index in [4.69, 9.17) is 28.5 Å². The summed E-state index contributed by atoms with van der Waals surface area (Å²) in [6.45, 7) is 0. The highest BCUT2D eigenvalue weighted by Gasteiger charge is 2.36. The predicted molar refractivity (Wildman–Crippen MR) is 68.6 cm³/mol. The molecule has 0 unspecified atom stereocenters. The number of carbonyl (C=O) groups excluding carboxylic acids is 1. The largest absolute Gasteiger partial charge is 0.334 e. The van der Waals surface area contributed by atoms with Crippen LogP contribution in [0.4, 0.5) is 0 Å². The molecule has 1 amide bonds. The van der Waals surface area contributed by atoms with Gasteiger partial charge in [-0.25, -0.2) is 0 Å². The molecule has 1 aromatic heterocycles. The highest BCUT2D eigenvalue weighted by atomic mass is 35.5. The van der Waals surface area contributed by atoms with Crippen molar-refractivity contribution in [2.24, 2.45) is 0 Å². The average Bonchev–Trinajstić information content (AvgIpc) is 2.86. The molecular formula is C11H10Cl2N2OS. The Hall–Kier alpha value is -0.760. The monoisotopic (exact) mass is 288 g/mol. The van der Waals surface area contributed by atoms with Crippen LogP contribution in [-0.4, -0.2) is 11.4 Å². The van der Waals surface area contributed by atoms with E-state index < -0.39 is 5.54 Å². The van der Waals surface area contributed by atoms with Crippen LogP contribution in [0.15, 0.2) is 6.07 Å². The zero-order valence-corrected chi connectivity index (χ0v) is 11.3. The molecule has 0 aromatic carbocycles. The van der Waals surface area contributed by atoms with Crippen LogP contribution in [0.25, 0.3) is 0 Å². The lowest BCUT2D eigenvalue weighted by Crippen LogP contribution is -2.45. The van der Waals surface area contributed by atoms with Crippen LogP contribution >= 0.6 is 34.5 Å². The summed E-state index contributed by atoms with van der Waals surface area (Å²) in [6.07, 6.45) is 3.33. The molecule has 0 radical (unpaired) electrons. The molecule has 1 aliphatic carbocycles. The molecule has 0 aliphatic heterocycles. The molecule has 1 saturated carbocycles. The molecule has 17 heavy (non-hydrogen) atoms. The van der Waals surface area contributed by atoms with E-state index in [2.05, 4.69) is 11.4 Å². The van der Waals surface area contributed by atoms with E-state index >= 15 is 0 Å². The molecular weight excluding hydrogens is 279 g/mol. The van der Waals surface area contributed by atoms with E-state index in [9.17, 15) is 4.79 Å². The Labute approximate surface area is 113 Å². The number of nitrogens with one attached hydrogen (secondary N) is 1. The van der Waals surface area contributed by atoms with Crippen LogP contribution in [-0.2, 0) is 0 Å².